The lowest BCUT2D eigenvalue weighted by atomic mass is 10.1. The first-order valence-electron chi connectivity index (χ1n) is 7.06. The van der Waals surface area contributed by atoms with Crippen molar-refractivity contribution >= 4 is 11.4 Å². The first-order valence-corrected chi connectivity index (χ1v) is 7.06. The van der Waals surface area contributed by atoms with Crippen molar-refractivity contribution in [2.75, 3.05) is 30.4 Å². The summed E-state index contributed by atoms with van der Waals surface area (Å²) in [5.41, 5.74) is 7.63. The Morgan fingerprint density at radius 1 is 1.50 bits per heavy atom. The molecule has 1 fully saturated rings. The predicted molar refractivity (Wildman–Crippen MR) is 80.3 cm³/mol. The predicted octanol–water partition coefficient (Wildman–Crippen LogP) is 1.64. The average Bonchev–Trinajstić information content (AvgIpc) is 2.41. The molecule has 0 aliphatic carbocycles. The van der Waals surface area contributed by atoms with Crippen molar-refractivity contribution in [3.05, 3.63) is 18.2 Å². The van der Waals surface area contributed by atoms with Crippen molar-refractivity contribution in [1.82, 2.24) is 0 Å². The summed E-state index contributed by atoms with van der Waals surface area (Å²) in [6.45, 7) is 7.37. The molecule has 1 heterocycles. The number of nitrogens with two attached hydrogens (primary N) is 1. The van der Waals surface area contributed by atoms with Crippen LogP contribution in [0, 0.1) is 0 Å². The minimum atomic E-state index is -0.141. The molecule has 0 bridgehead atoms. The highest BCUT2D eigenvalue weighted by Crippen LogP contribution is 2.30. The number of nitrogen functional groups attached to an aromatic ring is 1. The van der Waals surface area contributed by atoms with E-state index in [0.29, 0.717) is 24.6 Å². The largest absolute Gasteiger partial charge is 0.489 e. The van der Waals surface area contributed by atoms with Gasteiger partial charge in [-0.15, -0.1) is 0 Å². The smallest absolute Gasteiger partial charge is 0.144 e. The van der Waals surface area contributed by atoms with E-state index >= 15 is 0 Å². The third kappa shape index (κ3) is 3.35. The molecule has 0 radical (unpaired) electrons. The molecule has 0 amide bonds. The molecule has 0 saturated carbocycles. The highest BCUT2D eigenvalue weighted by molar-refractivity contribution is 5.63. The molecule has 5 nitrogen and oxygen atoms in total. The molecular weight excluding hydrogens is 256 g/mol. The number of nitrogens with zero attached hydrogens (tertiary/aromatic N) is 1. The molecule has 5 heteroatoms. The van der Waals surface area contributed by atoms with Gasteiger partial charge < -0.3 is 25.2 Å². The number of hydrogen-bond acceptors (Lipinski definition) is 5. The lowest BCUT2D eigenvalue weighted by molar-refractivity contribution is -0.0103. The van der Waals surface area contributed by atoms with Crippen LogP contribution in [0.25, 0.3) is 0 Å². The van der Waals surface area contributed by atoms with Gasteiger partial charge in [-0.05, 0) is 32.9 Å². The van der Waals surface area contributed by atoms with Crippen molar-refractivity contribution in [1.29, 1.82) is 0 Å². The summed E-state index contributed by atoms with van der Waals surface area (Å²) in [7, 11) is 0. The fourth-order valence-corrected chi connectivity index (χ4v) is 2.35. The first-order chi connectivity index (χ1) is 9.51. The quantitative estimate of drug-likeness (QED) is 0.821. The highest BCUT2D eigenvalue weighted by Gasteiger charge is 2.26. The molecule has 1 aliphatic heterocycles. The standard InChI is InChI=1S/C15H24N2O3/c1-10(2)20-15-6-12(4-5-14(15)16)17-7-13(8-18)19-9-11(17)3/h4-6,10-11,13,18H,7-9,16H2,1-3H3. The van der Waals surface area contributed by atoms with Crippen molar-refractivity contribution in [2.24, 2.45) is 0 Å². The van der Waals surface area contributed by atoms with E-state index in [4.69, 9.17) is 15.2 Å². The van der Waals surface area contributed by atoms with E-state index in [2.05, 4.69) is 11.8 Å². The van der Waals surface area contributed by atoms with Gasteiger partial charge in [0.2, 0.25) is 0 Å². The number of hydrogen-bond donors (Lipinski definition) is 2. The maximum atomic E-state index is 9.26. The van der Waals surface area contributed by atoms with Gasteiger partial charge in [0.15, 0.2) is 0 Å². The van der Waals surface area contributed by atoms with E-state index in [1.165, 1.54) is 0 Å². The van der Waals surface area contributed by atoms with E-state index in [1.807, 2.05) is 32.0 Å². The molecule has 112 valence electrons. The summed E-state index contributed by atoms with van der Waals surface area (Å²) in [5, 5.41) is 9.26. The Balaban J connectivity index is 2.22. The fourth-order valence-electron chi connectivity index (χ4n) is 2.35. The topological polar surface area (TPSA) is 68.0 Å². The minimum absolute atomic E-state index is 0.0353. The number of benzene rings is 1. The third-order valence-corrected chi connectivity index (χ3v) is 3.40. The SMILES string of the molecule is CC(C)Oc1cc(N2CC(CO)OCC2C)ccc1N. The van der Waals surface area contributed by atoms with Crippen molar-refractivity contribution in [3.8, 4) is 5.75 Å². The summed E-state index contributed by atoms with van der Waals surface area (Å²) in [4.78, 5) is 2.22. The molecule has 2 unspecified atom stereocenters. The van der Waals surface area contributed by atoms with E-state index < -0.39 is 0 Å². The maximum Gasteiger partial charge on any atom is 0.144 e. The molecule has 0 spiro atoms. The van der Waals surface area contributed by atoms with E-state index in [9.17, 15) is 5.11 Å². The zero-order chi connectivity index (χ0) is 14.7. The molecule has 0 aromatic heterocycles. The van der Waals surface area contributed by atoms with Gasteiger partial charge in [0.05, 0.1) is 31.1 Å². The third-order valence-electron chi connectivity index (χ3n) is 3.40. The molecule has 2 atom stereocenters. The summed E-state index contributed by atoms with van der Waals surface area (Å²) in [6.07, 6.45) is -0.0573. The van der Waals surface area contributed by atoms with Gasteiger partial charge in [-0.2, -0.15) is 0 Å². The van der Waals surface area contributed by atoms with Crippen LogP contribution in [0.3, 0.4) is 0 Å². The molecule has 20 heavy (non-hydrogen) atoms. The van der Waals surface area contributed by atoms with Gasteiger partial charge in [-0.3, -0.25) is 0 Å². The number of rotatable bonds is 4. The molecule has 2 rings (SSSR count). The minimum Gasteiger partial charge on any atom is -0.489 e. The van der Waals surface area contributed by atoms with Crippen LogP contribution >= 0.6 is 0 Å². The van der Waals surface area contributed by atoms with Crippen molar-refractivity contribution in [3.63, 3.8) is 0 Å². The number of ether oxygens (including phenoxy) is 2. The summed E-state index contributed by atoms with van der Waals surface area (Å²) in [5.74, 6) is 0.705. The lowest BCUT2D eigenvalue weighted by Crippen LogP contribution is -2.49. The Bertz CT molecular complexity index is 451. The Kier molecular flexibility index (Phi) is 4.73. The molecule has 3 N–H and O–H groups in total. The highest BCUT2D eigenvalue weighted by atomic mass is 16.5. The number of morpholine rings is 1. The zero-order valence-electron chi connectivity index (χ0n) is 12.4. The van der Waals surface area contributed by atoms with E-state index in [0.717, 1.165) is 5.69 Å². The van der Waals surface area contributed by atoms with Crippen LogP contribution < -0.4 is 15.4 Å². The second kappa shape index (κ2) is 6.33. The summed E-state index contributed by atoms with van der Waals surface area (Å²) in [6, 6.07) is 6.07. The zero-order valence-corrected chi connectivity index (χ0v) is 12.4. The molecular formula is C15H24N2O3. The van der Waals surface area contributed by atoms with Crippen LogP contribution in [0.15, 0.2) is 18.2 Å². The van der Waals surface area contributed by atoms with Crippen molar-refractivity contribution < 1.29 is 14.6 Å². The van der Waals surface area contributed by atoms with Crippen molar-refractivity contribution in [2.45, 2.75) is 39.0 Å². The Morgan fingerprint density at radius 2 is 2.25 bits per heavy atom. The van der Waals surface area contributed by atoms with Gasteiger partial charge in [-0.1, -0.05) is 0 Å². The van der Waals surface area contributed by atoms with Crippen LogP contribution in [0.5, 0.6) is 5.75 Å². The van der Waals surface area contributed by atoms with E-state index in [-0.39, 0.29) is 24.9 Å². The second-order valence-electron chi connectivity index (χ2n) is 5.53. The number of anilines is 2. The summed E-state index contributed by atoms with van der Waals surface area (Å²) < 4.78 is 11.3. The Hall–Kier alpha value is -1.46. The van der Waals surface area contributed by atoms with Gasteiger partial charge >= 0.3 is 0 Å². The van der Waals surface area contributed by atoms with Crippen LogP contribution in [0.4, 0.5) is 11.4 Å². The first kappa shape index (κ1) is 14.9. The van der Waals surface area contributed by atoms with Crippen LogP contribution in [0.1, 0.15) is 20.8 Å². The van der Waals surface area contributed by atoms with Gasteiger partial charge in [0, 0.05) is 24.3 Å². The van der Waals surface area contributed by atoms with E-state index in [1.54, 1.807) is 0 Å². The van der Waals surface area contributed by atoms with Gasteiger partial charge in [-0.25, -0.2) is 0 Å². The molecule has 1 aliphatic rings. The lowest BCUT2D eigenvalue weighted by Gasteiger charge is -2.39. The van der Waals surface area contributed by atoms with Gasteiger partial charge in [0.1, 0.15) is 5.75 Å². The summed E-state index contributed by atoms with van der Waals surface area (Å²) >= 11 is 0. The van der Waals surface area contributed by atoms with Crippen LogP contribution in [-0.2, 0) is 4.74 Å². The Labute approximate surface area is 120 Å². The molecule has 1 saturated heterocycles. The fraction of sp³-hybridized carbons (Fsp3) is 0.600. The average molecular weight is 280 g/mol. The maximum absolute atomic E-state index is 9.26. The second-order valence-corrected chi connectivity index (χ2v) is 5.53. The normalized spacial score (nSPS) is 23.1. The van der Waals surface area contributed by atoms with Crippen LogP contribution in [0.2, 0.25) is 0 Å². The number of aliphatic hydroxyl groups is 1. The monoisotopic (exact) mass is 280 g/mol. The molecule has 1 aromatic carbocycles. The van der Waals surface area contributed by atoms with Gasteiger partial charge in [0.25, 0.3) is 0 Å². The Morgan fingerprint density at radius 3 is 2.90 bits per heavy atom. The number of aliphatic hydroxyl groups excluding tert-OH is 1. The molecule has 1 aromatic rings. The van der Waals surface area contributed by atoms with Crippen LogP contribution in [-0.4, -0.2) is 43.1 Å².